The number of ether oxygens (including phenoxy) is 2. The molecule has 1 fully saturated rings. The summed E-state index contributed by atoms with van der Waals surface area (Å²) in [4.78, 5) is 12.6. The van der Waals surface area contributed by atoms with Crippen LogP contribution in [0.2, 0.25) is 0 Å². The number of rotatable bonds is 3. The average Bonchev–Trinajstić information content (AvgIpc) is 2.82. The summed E-state index contributed by atoms with van der Waals surface area (Å²) in [7, 11) is 0. The lowest BCUT2D eigenvalue weighted by Crippen LogP contribution is -2.54. The fourth-order valence-electron chi connectivity index (χ4n) is 3.86. The van der Waals surface area contributed by atoms with Gasteiger partial charge < -0.3 is 9.47 Å². The van der Waals surface area contributed by atoms with E-state index in [9.17, 15) is 4.79 Å². The van der Waals surface area contributed by atoms with E-state index in [0.29, 0.717) is 6.42 Å². The molecule has 24 heavy (non-hydrogen) atoms. The first-order valence-corrected chi connectivity index (χ1v) is 8.46. The Morgan fingerprint density at radius 3 is 2.67 bits per heavy atom. The van der Waals surface area contributed by atoms with Crippen LogP contribution in [0.3, 0.4) is 0 Å². The highest BCUT2D eigenvalue weighted by Crippen LogP contribution is 2.43. The van der Waals surface area contributed by atoms with Gasteiger partial charge in [0.2, 0.25) is 0 Å². The van der Waals surface area contributed by atoms with Gasteiger partial charge in [-0.3, -0.25) is 4.79 Å². The van der Waals surface area contributed by atoms with E-state index in [1.807, 2.05) is 45.1 Å². The molecule has 0 radical (unpaired) electrons. The first-order chi connectivity index (χ1) is 11.4. The molecule has 4 atom stereocenters. The Morgan fingerprint density at radius 2 is 1.88 bits per heavy atom. The van der Waals surface area contributed by atoms with Crippen LogP contribution in [-0.2, 0) is 14.3 Å². The van der Waals surface area contributed by atoms with Crippen LogP contribution in [0.5, 0.6) is 0 Å². The Bertz CT molecular complexity index is 840. The highest BCUT2D eigenvalue weighted by Gasteiger charge is 2.54. The van der Waals surface area contributed by atoms with E-state index >= 15 is 0 Å². The molecule has 2 bridgehead atoms. The maximum Gasteiger partial charge on any atom is 0.168 e. The molecule has 0 N–H and O–H groups in total. The number of fused-ring (bicyclic) bond motifs is 3. The van der Waals surface area contributed by atoms with E-state index in [1.54, 1.807) is 0 Å². The smallest absolute Gasteiger partial charge is 0.168 e. The van der Waals surface area contributed by atoms with Gasteiger partial charge in [-0.25, -0.2) is 0 Å². The summed E-state index contributed by atoms with van der Waals surface area (Å²) in [6.07, 6.45) is 3.60. The SMILES string of the molecule is C[C@@H](O[C@@H]1C(=O)C[C@]2(C)C=C[C@@]1(C)O2)c1ccc2ccccc2c1. The molecule has 3 nitrogen and oxygen atoms in total. The van der Waals surface area contributed by atoms with Crippen molar-refractivity contribution in [2.45, 2.75) is 50.6 Å². The van der Waals surface area contributed by atoms with Gasteiger partial charge >= 0.3 is 0 Å². The zero-order valence-corrected chi connectivity index (χ0v) is 14.3. The van der Waals surface area contributed by atoms with Crippen LogP contribution in [0, 0.1) is 0 Å². The summed E-state index contributed by atoms with van der Waals surface area (Å²) in [6.45, 7) is 5.88. The van der Waals surface area contributed by atoms with Gasteiger partial charge in [0.1, 0.15) is 11.7 Å². The number of hydrogen-bond donors (Lipinski definition) is 0. The lowest BCUT2D eigenvalue weighted by molar-refractivity contribution is -0.196. The normalized spacial score (nSPS) is 33.1. The minimum absolute atomic E-state index is 0.115. The lowest BCUT2D eigenvalue weighted by Gasteiger charge is -2.42. The molecule has 124 valence electrons. The molecular weight excluding hydrogens is 300 g/mol. The van der Waals surface area contributed by atoms with Gasteiger partial charge in [0, 0.05) is 6.42 Å². The lowest BCUT2D eigenvalue weighted by atomic mass is 9.89. The maximum atomic E-state index is 12.6. The van der Waals surface area contributed by atoms with Crippen LogP contribution in [0.15, 0.2) is 54.6 Å². The number of carbonyl (C=O) groups is 1. The van der Waals surface area contributed by atoms with E-state index < -0.39 is 17.3 Å². The predicted octanol–water partition coefficient (Wildman–Crippen LogP) is 4.36. The van der Waals surface area contributed by atoms with Gasteiger partial charge in [0.25, 0.3) is 0 Å². The van der Waals surface area contributed by atoms with E-state index in [2.05, 4.69) is 30.3 Å². The van der Waals surface area contributed by atoms with Crippen molar-refractivity contribution in [3.8, 4) is 0 Å². The number of Topliss-reactive ketones (excluding diaryl/α,β-unsaturated/α-hetero) is 1. The molecule has 0 unspecified atom stereocenters. The van der Waals surface area contributed by atoms with Crippen molar-refractivity contribution < 1.29 is 14.3 Å². The van der Waals surface area contributed by atoms with Gasteiger partial charge in [-0.1, -0.05) is 48.6 Å². The summed E-state index contributed by atoms with van der Waals surface area (Å²) in [5, 5.41) is 2.38. The maximum absolute atomic E-state index is 12.6. The molecule has 0 aliphatic carbocycles. The first kappa shape index (κ1) is 15.6. The van der Waals surface area contributed by atoms with Crippen molar-refractivity contribution in [2.24, 2.45) is 0 Å². The first-order valence-electron chi connectivity index (χ1n) is 8.46. The van der Waals surface area contributed by atoms with E-state index in [0.717, 1.165) is 5.56 Å². The summed E-state index contributed by atoms with van der Waals surface area (Å²) in [5.41, 5.74) is -0.0759. The van der Waals surface area contributed by atoms with Crippen LogP contribution in [0.25, 0.3) is 10.8 Å². The predicted molar refractivity (Wildman–Crippen MR) is 93.9 cm³/mol. The Morgan fingerprint density at radius 1 is 1.12 bits per heavy atom. The van der Waals surface area contributed by atoms with Gasteiger partial charge in [-0.05, 0) is 43.2 Å². The Kier molecular flexibility index (Phi) is 3.41. The van der Waals surface area contributed by atoms with Crippen LogP contribution in [0.1, 0.15) is 38.9 Å². The summed E-state index contributed by atoms with van der Waals surface area (Å²) < 4.78 is 12.3. The van der Waals surface area contributed by atoms with Gasteiger partial charge in [0.15, 0.2) is 5.78 Å². The van der Waals surface area contributed by atoms with E-state index in [1.165, 1.54) is 10.8 Å². The molecule has 3 heteroatoms. The largest absolute Gasteiger partial charge is 0.359 e. The number of benzene rings is 2. The van der Waals surface area contributed by atoms with Crippen LogP contribution < -0.4 is 0 Å². The van der Waals surface area contributed by atoms with E-state index in [-0.39, 0.29) is 11.9 Å². The molecule has 2 aromatic carbocycles. The number of ketones is 1. The van der Waals surface area contributed by atoms with Crippen molar-refractivity contribution in [3.63, 3.8) is 0 Å². The summed E-state index contributed by atoms with van der Waals surface area (Å²) in [6, 6.07) is 14.5. The standard InChI is InChI=1S/C21H22O3/c1-14(16-9-8-15-6-4-5-7-17(15)12-16)23-19-18(22)13-20(2)10-11-21(19,3)24-20/h4-12,14,19H,13H2,1-3H3/t14-,19-,20+,21-/m1/s1. The van der Waals surface area contributed by atoms with Crippen molar-refractivity contribution in [1.29, 1.82) is 0 Å². The minimum Gasteiger partial charge on any atom is -0.359 e. The third-order valence-corrected chi connectivity index (χ3v) is 5.14. The van der Waals surface area contributed by atoms with Gasteiger partial charge in [-0.15, -0.1) is 0 Å². The Hall–Kier alpha value is -1.97. The second-order valence-electron chi connectivity index (χ2n) is 7.34. The average molecular weight is 322 g/mol. The molecule has 2 aliphatic rings. The van der Waals surface area contributed by atoms with E-state index in [4.69, 9.17) is 9.47 Å². The summed E-state index contributed by atoms with van der Waals surface area (Å²) >= 11 is 0. The van der Waals surface area contributed by atoms with Gasteiger partial charge in [-0.2, -0.15) is 0 Å². The zero-order valence-electron chi connectivity index (χ0n) is 14.3. The molecule has 2 aliphatic heterocycles. The second kappa shape index (κ2) is 5.27. The molecule has 0 amide bonds. The third-order valence-electron chi connectivity index (χ3n) is 5.14. The van der Waals surface area contributed by atoms with Gasteiger partial charge in [0.05, 0.1) is 11.7 Å². The highest BCUT2D eigenvalue weighted by atomic mass is 16.6. The molecule has 0 saturated carbocycles. The second-order valence-corrected chi connectivity index (χ2v) is 7.34. The fraction of sp³-hybridized carbons (Fsp3) is 0.381. The van der Waals surface area contributed by atoms with Crippen molar-refractivity contribution in [2.75, 3.05) is 0 Å². The Balaban J connectivity index is 1.60. The quantitative estimate of drug-likeness (QED) is 0.788. The highest BCUT2D eigenvalue weighted by molar-refractivity contribution is 5.88. The summed E-state index contributed by atoms with van der Waals surface area (Å²) in [5.74, 6) is 0.115. The molecular formula is C21H22O3. The molecule has 0 spiro atoms. The monoisotopic (exact) mass is 322 g/mol. The fourth-order valence-corrected chi connectivity index (χ4v) is 3.86. The van der Waals surface area contributed by atoms with Crippen molar-refractivity contribution >= 4 is 16.6 Å². The third kappa shape index (κ3) is 2.48. The molecule has 1 saturated heterocycles. The number of hydrogen-bond acceptors (Lipinski definition) is 3. The zero-order chi connectivity index (χ0) is 16.9. The minimum atomic E-state index is -0.671. The topological polar surface area (TPSA) is 35.5 Å². The Labute approximate surface area is 142 Å². The molecule has 4 rings (SSSR count). The molecule has 2 heterocycles. The molecule has 0 aromatic heterocycles. The van der Waals surface area contributed by atoms with Crippen molar-refractivity contribution in [1.82, 2.24) is 0 Å². The van der Waals surface area contributed by atoms with Crippen LogP contribution in [-0.4, -0.2) is 23.1 Å². The molecule has 2 aromatic rings. The van der Waals surface area contributed by atoms with Crippen LogP contribution in [0.4, 0.5) is 0 Å². The number of carbonyl (C=O) groups excluding carboxylic acids is 1. The van der Waals surface area contributed by atoms with Crippen molar-refractivity contribution in [3.05, 3.63) is 60.2 Å². The van der Waals surface area contributed by atoms with Crippen LogP contribution >= 0.6 is 0 Å².